The molecule has 0 unspecified atom stereocenters. The van der Waals surface area contributed by atoms with Crippen molar-refractivity contribution < 1.29 is 9.90 Å². The first-order valence-electron chi connectivity index (χ1n) is 6.62. The summed E-state index contributed by atoms with van der Waals surface area (Å²) in [6.45, 7) is 2.23. The molecule has 0 bridgehead atoms. The van der Waals surface area contributed by atoms with Gasteiger partial charge in [0.1, 0.15) is 4.86 Å². The van der Waals surface area contributed by atoms with Crippen LogP contribution in [0.25, 0.3) is 0 Å². The molecule has 0 aromatic rings. The number of rotatable bonds is 11. The number of allylic oxidation sites excluding steroid dienone is 1. The van der Waals surface area contributed by atoms with Crippen molar-refractivity contribution in [3.63, 3.8) is 0 Å². The van der Waals surface area contributed by atoms with Gasteiger partial charge in [0.2, 0.25) is 0 Å². The molecule has 0 heterocycles. The summed E-state index contributed by atoms with van der Waals surface area (Å²) in [7, 11) is 0. The summed E-state index contributed by atoms with van der Waals surface area (Å²) in [4.78, 5) is 10.4. The fourth-order valence-corrected chi connectivity index (χ4v) is 1.75. The summed E-state index contributed by atoms with van der Waals surface area (Å²) in [6.07, 6.45) is 14.7. The Morgan fingerprint density at radius 1 is 1.06 bits per heavy atom. The van der Waals surface area contributed by atoms with Gasteiger partial charge in [0.15, 0.2) is 0 Å². The molecule has 0 spiro atoms. The molecule has 98 valence electrons. The van der Waals surface area contributed by atoms with Crippen LogP contribution in [0.3, 0.4) is 0 Å². The lowest BCUT2D eigenvalue weighted by atomic mass is 10.1. The molecule has 2 nitrogen and oxygen atoms in total. The Labute approximate surface area is 110 Å². The van der Waals surface area contributed by atoms with E-state index in [1.807, 2.05) is 6.08 Å². The molecule has 0 aliphatic carbocycles. The topological polar surface area (TPSA) is 37.3 Å². The molecule has 0 saturated heterocycles. The molecule has 0 saturated carbocycles. The van der Waals surface area contributed by atoms with Gasteiger partial charge in [-0.15, -0.1) is 0 Å². The van der Waals surface area contributed by atoms with E-state index >= 15 is 0 Å². The van der Waals surface area contributed by atoms with Crippen LogP contribution >= 0.6 is 12.2 Å². The number of carboxylic acids is 1. The Balaban J connectivity index is 3.24. The molecule has 3 heteroatoms. The lowest BCUT2D eigenvalue weighted by Gasteiger charge is -1.99. The number of carboxylic acid groups (broad SMARTS) is 1. The standard InChI is InChI=1S/C14H24O2S/c1-2-3-4-5-6-7-8-9-10-11-12-13(17)14(15)16/h11-12H,2-10H2,1H3,(H,15,16). The fraction of sp³-hybridized carbons (Fsp3) is 0.714. The minimum Gasteiger partial charge on any atom is -0.477 e. The Kier molecular flexibility index (Phi) is 11.3. The van der Waals surface area contributed by atoms with Gasteiger partial charge in [-0.3, -0.25) is 0 Å². The van der Waals surface area contributed by atoms with Crippen LogP contribution in [0.2, 0.25) is 0 Å². The van der Waals surface area contributed by atoms with Crippen molar-refractivity contribution >= 4 is 23.1 Å². The maximum Gasteiger partial charge on any atom is 0.346 e. The maximum atomic E-state index is 10.4. The summed E-state index contributed by atoms with van der Waals surface area (Å²) < 4.78 is 0. The zero-order chi connectivity index (χ0) is 12.9. The molecule has 0 aliphatic heterocycles. The SMILES string of the molecule is CCCCCCCCCCC=CC(=S)C(=O)O. The van der Waals surface area contributed by atoms with E-state index in [0.717, 1.165) is 12.8 Å². The molecule has 0 rings (SSSR count). The Bertz CT molecular complexity index is 247. The first-order valence-corrected chi connectivity index (χ1v) is 7.03. The van der Waals surface area contributed by atoms with E-state index < -0.39 is 5.97 Å². The molecule has 0 radical (unpaired) electrons. The van der Waals surface area contributed by atoms with E-state index in [0.29, 0.717) is 0 Å². The number of unbranched alkanes of at least 4 members (excludes halogenated alkanes) is 8. The van der Waals surface area contributed by atoms with Crippen LogP contribution < -0.4 is 0 Å². The van der Waals surface area contributed by atoms with E-state index in [2.05, 4.69) is 19.1 Å². The number of hydrogen-bond acceptors (Lipinski definition) is 2. The molecule has 0 atom stereocenters. The van der Waals surface area contributed by atoms with Gasteiger partial charge in [-0.25, -0.2) is 4.79 Å². The minimum atomic E-state index is -1.01. The van der Waals surface area contributed by atoms with E-state index in [-0.39, 0.29) is 4.86 Å². The largest absolute Gasteiger partial charge is 0.477 e. The van der Waals surface area contributed by atoms with Gasteiger partial charge in [0, 0.05) is 0 Å². The number of thiocarbonyl (C=S) groups is 1. The van der Waals surface area contributed by atoms with E-state index in [9.17, 15) is 4.79 Å². The third kappa shape index (κ3) is 11.6. The fourth-order valence-electron chi connectivity index (χ4n) is 1.66. The average Bonchev–Trinajstić information content (AvgIpc) is 2.31. The van der Waals surface area contributed by atoms with Crippen LogP contribution in [0.5, 0.6) is 0 Å². The van der Waals surface area contributed by atoms with E-state index in [1.54, 1.807) is 0 Å². The second-order valence-electron chi connectivity index (χ2n) is 4.34. The molecular weight excluding hydrogens is 232 g/mol. The summed E-state index contributed by atoms with van der Waals surface area (Å²) >= 11 is 4.65. The summed E-state index contributed by atoms with van der Waals surface area (Å²) in [5, 5.41) is 8.53. The molecule has 1 N–H and O–H groups in total. The summed E-state index contributed by atoms with van der Waals surface area (Å²) in [5.41, 5.74) is 0. The molecule has 0 amide bonds. The van der Waals surface area contributed by atoms with Crippen molar-refractivity contribution in [1.29, 1.82) is 0 Å². The third-order valence-corrected chi connectivity index (χ3v) is 3.02. The van der Waals surface area contributed by atoms with Crippen LogP contribution in [0.1, 0.15) is 64.7 Å². The van der Waals surface area contributed by atoms with Crippen LogP contribution in [0, 0.1) is 0 Å². The second kappa shape index (κ2) is 11.8. The molecule has 17 heavy (non-hydrogen) atoms. The molecular formula is C14H24O2S. The zero-order valence-electron chi connectivity index (χ0n) is 10.8. The lowest BCUT2D eigenvalue weighted by molar-refractivity contribution is -0.129. The Morgan fingerprint density at radius 3 is 2.12 bits per heavy atom. The first kappa shape index (κ1) is 16.3. The van der Waals surface area contributed by atoms with Crippen LogP contribution in [-0.4, -0.2) is 15.9 Å². The maximum absolute atomic E-state index is 10.4. The first-order chi connectivity index (χ1) is 8.18. The predicted molar refractivity (Wildman–Crippen MR) is 76.6 cm³/mol. The highest BCUT2D eigenvalue weighted by Crippen LogP contribution is 2.09. The van der Waals surface area contributed by atoms with Gasteiger partial charge in [0.25, 0.3) is 0 Å². The number of hydrogen-bond donors (Lipinski definition) is 1. The van der Waals surface area contributed by atoms with Crippen molar-refractivity contribution in [2.45, 2.75) is 64.7 Å². The van der Waals surface area contributed by atoms with Crippen LogP contribution in [0.15, 0.2) is 12.2 Å². The monoisotopic (exact) mass is 256 g/mol. The van der Waals surface area contributed by atoms with E-state index in [1.165, 1.54) is 51.0 Å². The normalized spacial score (nSPS) is 10.9. The predicted octanol–water partition coefficient (Wildman–Crippen LogP) is 4.53. The van der Waals surface area contributed by atoms with E-state index in [4.69, 9.17) is 5.11 Å². The highest BCUT2D eigenvalue weighted by Gasteiger charge is 1.99. The van der Waals surface area contributed by atoms with Crippen LogP contribution in [-0.2, 0) is 4.79 Å². The Hall–Kier alpha value is -0.700. The van der Waals surface area contributed by atoms with Gasteiger partial charge in [-0.1, -0.05) is 70.2 Å². The average molecular weight is 256 g/mol. The molecule has 0 aromatic heterocycles. The number of aliphatic carboxylic acids is 1. The number of carbonyl (C=O) groups is 1. The van der Waals surface area contributed by atoms with Crippen molar-refractivity contribution in [2.24, 2.45) is 0 Å². The lowest BCUT2D eigenvalue weighted by Crippen LogP contribution is -2.05. The van der Waals surface area contributed by atoms with Gasteiger partial charge in [0.05, 0.1) is 0 Å². The highest BCUT2D eigenvalue weighted by atomic mass is 32.1. The van der Waals surface area contributed by atoms with Gasteiger partial charge >= 0.3 is 5.97 Å². The molecule has 0 fully saturated rings. The second-order valence-corrected chi connectivity index (χ2v) is 4.78. The van der Waals surface area contributed by atoms with Gasteiger partial charge < -0.3 is 5.11 Å². The summed E-state index contributed by atoms with van der Waals surface area (Å²) in [5.74, 6) is -1.01. The van der Waals surface area contributed by atoms with Gasteiger partial charge in [-0.2, -0.15) is 0 Å². The van der Waals surface area contributed by atoms with Crippen molar-refractivity contribution in [3.05, 3.63) is 12.2 Å². The highest BCUT2D eigenvalue weighted by molar-refractivity contribution is 7.82. The minimum absolute atomic E-state index is 0.00423. The van der Waals surface area contributed by atoms with Crippen molar-refractivity contribution in [1.82, 2.24) is 0 Å². The molecule has 0 aliphatic rings. The third-order valence-electron chi connectivity index (χ3n) is 2.70. The van der Waals surface area contributed by atoms with Crippen molar-refractivity contribution in [3.8, 4) is 0 Å². The Morgan fingerprint density at radius 2 is 1.59 bits per heavy atom. The quantitative estimate of drug-likeness (QED) is 0.335. The smallest absolute Gasteiger partial charge is 0.346 e. The van der Waals surface area contributed by atoms with Gasteiger partial charge in [-0.05, 0) is 18.9 Å². The van der Waals surface area contributed by atoms with Crippen LogP contribution in [0.4, 0.5) is 0 Å². The molecule has 0 aromatic carbocycles. The zero-order valence-corrected chi connectivity index (χ0v) is 11.6. The summed E-state index contributed by atoms with van der Waals surface area (Å²) in [6, 6.07) is 0. The van der Waals surface area contributed by atoms with Crippen molar-refractivity contribution in [2.75, 3.05) is 0 Å².